The second-order valence-electron chi connectivity index (χ2n) is 12.4. The van der Waals surface area contributed by atoms with Crippen molar-refractivity contribution in [2.24, 2.45) is 0 Å². The first-order valence-electron chi connectivity index (χ1n) is 15.3. The maximum absolute atomic E-state index is 13.6. The number of para-hydroxylation sites is 1. The van der Waals surface area contributed by atoms with Crippen LogP contribution >= 0.6 is 0 Å². The minimum absolute atomic E-state index is 0.0268. The van der Waals surface area contributed by atoms with E-state index in [0.717, 1.165) is 67.1 Å². The summed E-state index contributed by atoms with van der Waals surface area (Å²) < 4.78 is 7.54. The molecule has 0 spiro atoms. The van der Waals surface area contributed by atoms with Gasteiger partial charge in [-0.2, -0.15) is 0 Å². The van der Waals surface area contributed by atoms with Crippen molar-refractivity contribution < 1.29 is 19.1 Å². The van der Waals surface area contributed by atoms with Crippen LogP contribution in [0.2, 0.25) is 0 Å². The number of hydrogen-bond donors (Lipinski definition) is 1. The molecule has 1 atom stereocenters. The molecule has 5 rings (SSSR count). The number of anilines is 2. The topological polar surface area (TPSA) is 100 Å². The van der Waals surface area contributed by atoms with Gasteiger partial charge in [0.2, 0.25) is 0 Å². The average molecular weight is 663 g/mol. The Kier molecular flexibility index (Phi) is 9.51. The monoisotopic (exact) mass is 662 g/mol. The van der Waals surface area contributed by atoms with Crippen LogP contribution in [0.5, 0.6) is 0 Å². The van der Waals surface area contributed by atoms with E-state index in [2.05, 4.69) is 41.1 Å². The van der Waals surface area contributed by atoms with E-state index < -0.39 is 27.4 Å². The van der Waals surface area contributed by atoms with E-state index in [1.165, 1.54) is 4.68 Å². The van der Waals surface area contributed by atoms with Gasteiger partial charge >= 0.3 is 267 Å². The normalized spacial score (nSPS) is 15.6. The number of rotatable bonds is 7. The molecule has 1 fully saturated rings. The van der Waals surface area contributed by atoms with E-state index in [-0.39, 0.29) is 23.7 Å². The van der Waals surface area contributed by atoms with Crippen LogP contribution in [0.1, 0.15) is 67.4 Å². The zero-order valence-corrected chi connectivity index (χ0v) is 28.7. The molecule has 44 heavy (non-hydrogen) atoms. The van der Waals surface area contributed by atoms with Gasteiger partial charge in [-0.25, -0.2) is 0 Å². The minimum atomic E-state index is -1.42. The van der Waals surface area contributed by atoms with Crippen molar-refractivity contribution in [3.05, 3.63) is 70.4 Å². The Labute approximate surface area is 266 Å². The van der Waals surface area contributed by atoms with Crippen molar-refractivity contribution in [1.29, 1.82) is 0 Å². The van der Waals surface area contributed by atoms with E-state index in [1.54, 1.807) is 25.7 Å². The predicted octanol–water partition coefficient (Wildman–Crippen LogP) is 3.99. The number of hydrogen-bond acceptors (Lipinski definition) is 7. The van der Waals surface area contributed by atoms with Crippen LogP contribution in [-0.2, 0) is 30.7 Å². The number of carbonyl (C=O) groups is 3. The molecule has 1 N–H and O–H groups in total. The quantitative estimate of drug-likeness (QED) is 0.382. The van der Waals surface area contributed by atoms with Crippen molar-refractivity contribution in [2.75, 3.05) is 43.4 Å². The van der Waals surface area contributed by atoms with Crippen molar-refractivity contribution >= 4 is 48.3 Å². The summed E-state index contributed by atoms with van der Waals surface area (Å²) in [6.07, 6.45) is 0.984. The number of carbonyl (C=O) groups excluding carboxylic acids is 3. The number of likely N-dealkylation sites (N-methyl/N-ethyl adjacent to an activating group) is 1. The van der Waals surface area contributed by atoms with Crippen LogP contribution < -0.4 is 14.7 Å². The zero-order chi connectivity index (χ0) is 31.6. The Balaban J connectivity index is 1.37. The Morgan fingerprint density at radius 2 is 1.57 bits per heavy atom. The molecule has 0 bridgehead atoms. The maximum atomic E-state index is 13.6. The molecule has 3 aromatic rings. The first-order chi connectivity index (χ1) is 21.0. The molecular weight excluding hydrogens is 619 g/mol. The molecule has 1 unspecified atom stereocenters. The van der Waals surface area contributed by atoms with Gasteiger partial charge in [-0.15, -0.1) is 0 Å². The molecule has 11 heteroatoms. The Morgan fingerprint density at radius 1 is 0.932 bits per heavy atom. The molecule has 2 aliphatic heterocycles. The molecule has 0 radical (unpaired) electrons. The second-order valence-corrected chi connectivity index (χ2v) is 14.9. The Hall–Kier alpha value is -3.62. The summed E-state index contributed by atoms with van der Waals surface area (Å²) in [6.45, 7) is 13.9. The van der Waals surface area contributed by atoms with Crippen LogP contribution in [0.3, 0.4) is 0 Å². The molecule has 1 saturated heterocycles. The average Bonchev–Trinajstić information content (AvgIpc) is 3.57. The van der Waals surface area contributed by atoms with Crippen LogP contribution in [0.4, 0.5) is 21.0 Å². The number of benzene rings is 2. The number of aryl methyl sites for hydroxylation is 2. The number of urea groups is 1. The van der Waals surface area contributed by atoms with Crippen LogP contribution in [0, 0.1) is 0 Å². The fourth-order valence-electron chi connectivity index (χ4n) is 5.60. The third-order valence-electron chi connectivity index (χ3n) is 8.09. The number of ether oxygens (including phenoxy) is 1. The molecule has 234 valence electrons. The fraction of sp³-hybridized carbons (Fsp3) is 0.455. The number of fused-ring (bicyclic) bond motifs is 1. The summed E-state index contributed by atoms with van der Waals surface area (Å²) in [6, 6.07) is 13.6. The molecular formula is C33H43AsN6O4. The molecule has 10 nitrogen and oxygen atoms in total. The summed E-state index contributed by atoms with van der Waals surface area (Å²) in [5.74, 6) is 0. The molecule has 2 amide bonds. The van der Waals surface area contributed by atoms with Crippen molar-refractivity contribution in [3.63, 3.8) is 0 Å². The molecule has 3 heterocycles. The summed E-state index contributed by atoms with van der Waals surface area (Å²) in [7, 11) is 2.13. The van der Waals surface area contributed by atoms with Crippen molar-refractivity contribution in [3.8, 4) is 0 Å². The Morgan fingerprint density at radius 3 is 2.16 bits per heavy atom. The predicted molar refractivity (Wildman–Crippen MR) is 175 cm³/mol. The summed E-state index contributed by atoms with van der Waals surface area (Å²) >= 11 is -1.42. The van der Waals surface area contributed by atoms with Gasteiger partial charge < -0.3 is 0 Å². The second kappa shape index (κ2) is 13.2. The molecule has 0 aliphatic carbocycles. The molecule has 0 saturated carbocycles. The first kappa shape index (κ1) is 31.8. The van der Waals surface area contributed by atoms with Gasteiger partial charge in [0.1, 0.15) is 0 Å². The van der Waals surface area contributed by atoms with Crippen molar-refractivity contribution in [1.82, 2.24) is 19.6 Å². The fourth-order valence-corrected chi connectivity index (χ4v) is 7.80. The van der Waals surface area contributed by atoms with Gasteiger partial charge in [-0.1, -0.05) is 0 Å². The van der Waals surface area contributed by atoms with Crippen molar-refractivity contribution in [2.45, 2.75) is 66.2 Å². The van der Waals surface area contributed by atoms with Gasteiger partial charge in [-0.3, -0.25) is 0 Å². The SMILES string of the molecule is CCc1cccc(CC)c1NC(=O)N1Cc2c([AsH]C(=O)c3ccc(N4CCN(C)CC4)cc3)nn(C(=O)OC(C)(C)C)c2C1. The van der Waals surface area contributed by atoms with Crippen LogP contribution in [-0.4, -0.2) is 90.9 Å². The number of nitrogens with one attached hydrogen (secondary N) is 1. The van der Waals surface area contributed by atoms with Gasteiger partial charge in [0.15, 0.2) is 0 Å². The number of piperazine rings is 1. The van der Waals surface area contributed by atoms with E-state index in [9.17, 15) is 14.4 Å². The van der Waals surface area contributed by atoms with E-state index in [1.807, 2.05) is 42.5 Å². The number of amides is 2. The molecule has 1 aromatic heterocycles. The Bertz CT molecular complexity index is 1510. The summed E-state index contributed by atoms with van der Waals surface area (Å²) in [5, 5.41) is 7.75. The number of aromatic nitrogens is 2. The first-order valence-corrected chi connectivity index (χ1v) is 17.4. The van der Waals surface area contributed by atoms with Gasteiger partial charge in [0, 0.05) is 0 Å². The van der Waals surface area contributed by atoms with Crippen LogP contribution in [0.25, 0.3) is 0 Å². The third kappa shape index (κ3) is 7.02. The number of nitrogens with zero attached hydrogens (tertiary/aromatic N) is 5. The van der Waals surface area contributed by atoms with E-state index >= 15 is 0 Å². The third-order valence-corrected chi connectivity index (χ3v) is 10.5. The standard InChI is InChI=1S/C33H43AsN6O4/c1-7-22-10-9-11-23(8-2)28(22)35-31(42)39-20-26-27(21-39)40(32(43)44-33(3,4)5)36-29(26)34-30(41)24-12-14-25(15-13-24)38-18-16-37(6)17-19-38/h9-15,34H,7-8,16-21H2,1-6H3,(H,35,42). The van der Waals surface area contributed by atoms with Gasteiger partial charge in [0.25, 0.3) is 0 Å². The van der Waals surface area contributed by atoms with Crippen LogP contribution in [0.15, 0.2) is 42.5 Å². The zero-order valence-electron chi connectivity index (χ0n) is 26.6. The summed E-state index contributed by atoms with van der Waals surface area (Å²) in [5.41, 5.74) is 5.40. The summed E-state index contributed by atoms with van der Waals surface area (Å²) in [4.78, 5) is 46.6. The molecule has 2 aliphatic rings. The van der Waals surface area contributed by atoms with Gasteiger partial charge in [0.05, 0.1) is 0 Å². The van der Waals surface area contributed by atoms with Gasteiger partial charge in [-0.05, 0) is 0 Å². The molecule has 2 aromatic carbocycles. The van der Waals surface area contributed by atoms with E-state index in [0.29, 0.717) is 15.7 Å². The van der Waals surface area contributed by atoms with E-state index in [4.69, 9.17) is 4.74 Å².